The summed E-state index contributed by atoms with van der Waals surface area (Å²) in [5.74, 6) is -1.17. The summed E-state index contributed by atoms with van der Waals surface area (Å²) < 4.78 is 54.1. The van der Waals surface area contributed by atoms with Crippen molar-refractivity contribution in [3.8, 4) is 0 Å². The van der Waals surface area contributed by atoms with E-state index in [1.165, 1.54) is 30.1 Å². The van der Waals surface area contributed by atoms with Crippen LogP contribution in [0.5, 0.6) is 0 Å². The smallest absolute Gasteiger partial charge is 0.416 e. The minimum atomic E-state index is -4.60. The van der Waals surface area contributed by atoms with Crippen molar-refractivity contribution in [1.82, 2.24) is 15.1 Å². The lowest BCUT2D eigenvalue weighted by atomic mass is 9.85. The highest BCUT2D eigenvalue weighted by Crippen LogP contribution is 2.37. The Morgan fingerprint density at radius 1 is 1.00 bits per heavy atom. The monoisotopic (exact) mass is 642 g/mol. The molecule has 222 valence electrons. The molecule has 0 unspecified atom stereocenters. The first-order chi connectivity index (χ1) is 19.2. The van der Waals surface area contributed by atoms with Crippen LogP contribution in [-0.2, 0) is 11.0 Å². The fourth-order valence-corrected chi connectivity index (χ4v) is 6.22. The van der Waals surface area contributed by atoms with E-state index >= 15 is 0 Å². The maximum atomic E-state index is 13.7. The minimum absolute atomic E-state index is 0.0412. The molecule has 13 heteroatoms. The zero-order valence-corrected chi connectivity index (χ0v) is 24.1. The predicted octanol–water partition coefficient (Wildman–Crippen LogP) is 5.92. The molecule has 0 spiro atoms. The molecule has 2 aromatic rings. The topological polar surface area (TPSA) is 93.2 Å². The Kier molecular flexibility index (Phi) is 9.15. The maximum Gasteiger partial charge on any atom is 0.416 e. The Balaban J connectivity index is 1.54. The summed E-state index contributed by atoms with van der Waals surface area (Å²) in [4.78, 5) is 42.3. The number of carbonyl (C=O) groups excluding carboxylic acids is 2. The van der Waals surface area contributed by atoms with Crippen molar-refractivity contribution in [1.29, 1.82) is 0 Å². The molecular weight excluding hydrogens is 612 g/mol. The molecule has 4 amide bonds. The molecule has 0 radical (unpaired) electrons. The first-order valence-corrected chi connectivity index (χ1v) is 14.0. The van der Waals surface area contributed by atoms with E-state index in [0.29, 0.717) is 25.7 Å². The Labute approximate surface area is 243 Å². The van der Waals surface area contributed by atoms with Crippen LogP contribution >= 0.6 is 15.9 Å². The van der Waals surface area contributed by atoms with Gasteiger partial charge in [0.05, 0.1) is 11.6 Å². The van der Waals surface area contributed by atoms with Crippen LogP contribution in [0.3, 0.4) is 0 Å². The Bertz CT molecular complexity index is 1280. The molecule has 2 fully saturated rings. The second-order valence-corrected chi connectivity index (χ2v) is 11.5. The van der Waals surface area contributed by atoms with Crippen molar-refractivity contribution in [3.63, 3.8) is 0 Å². The standard InChI is InChI=1S/C28H31BrF4N4O4/c1-35(22-12-18(28(31,32)33)11-19(29)13-22)27(41)36(2)24-15-37(14-23(24)16-3-7-20(30)8-4-16)25(38)17-5-9-21(10-6-17)34-26(39)40/h3-4,7-8,11-13,17,21,23-24,34H,5-6,9-10,14-15H2,1-2H3,(H,39,40)/t17?,21?,23-,24+/m0/s1. The third kappa shape index (κ3) is 7.11. The van der Waals surface area contributed by atoms with E-state index in [2.05, 4.69) is 21.2 Å². The van der Waals surface area contributed by atoms with Crippen LogP contribution in [0, 0.1) is 11.7 Å². The number of carboxylic acid groups (broad SMARTS) is 1. The van der Waals surface area contributed by atoms with Crippen molar-refractivity contribution >= 4 is 39.6 Å². The molecule has 0 bridgehead atoms. The van der Waals surface area contributed by atoms with Gasteiger partial charge in [0.15, 0.2) is 0 Å². The van der Waals surface area contributed by atoms with Crippen molar-refractivity contribution in [2.24, 2.45) is 5.92 Å². The second-order valence-electron chi connectivity index (χ2n) is 10.6. The van der Waals surface area contributed by atoms with Crippen LogP contribution < -0.4 is 10.2 Å². The lowest BCUT2D eigenvalue weighted by Gasteiger charge is -2.33. The van der Waals surface area contributed by atoms with Crippen molar-refractivity contribution in [2.45, 2.75) is 49.9 Å². The molecule has 1 heterocycles. The SMILES string of the molecule is CN(C(=O)N(C)[C@@H]1CN(C(=O)C2CCC(NC(=O)O)CC2)C[C@H]1c1ccc(F)cc1)c1cc(Br)cc(C(F)(F)F)c1. The number of rotatable bonds is 5. The van der Waals surface area contributed by atoms with Crippen LogP contribution in [0.2, 0.25) is 0 Å². The minimum Gasteiger partial charge on any atom is -0.465 e. The molecule has 41 heavy (non-hydrogen) atoms. The van der Waals surface area contributed by atoms with E-state index in [4.69, 9.17) is 5.11 Å². The summed E-state index contributed by atoms with van der Waals surface area (Å²) in [5, 5.41) is 11.4. The van der Waals surface area contributed by atoms with Gasteiger partial charge >= 0.3 is 18.3 Å². The quantitative estimate of drug-likeness (QED) is 0.396. The molecule has 2 atom stereocenters. The van der Waals surface area contributed by atoms with Gasteiger partial charge in [-0.3, -0.25) is 9.69 Å². The van der Waals surface area contributed by atoms with Gasteiger partial charge in [0, 0.05) is 55.2 Å². The first kappa shape index (κ1) is 30.6. The van der Waals surface area contributed by atoms with Gasteiger partial charge in [-0.15, -0.1) is 0 Å². The number of nitrogens with zero attached hydrogens (tertiary/aromatic N) is 3. The summed E-state index contributed by atoms with van der Waals surface area (Å²) in [5.41, 5.74) is -0.135. The average molecular weight is 643 g/mol. The summed E-state index contributed by atoms with van der Waals surface area (Å²) in [6, 6.07) is 7.77. The summed E-state index contributed by atoms with van der Waals surface area (Å²) >= 11 is 3.09. The lowest BCUT2D eigenvalue weighted by molar-refractivity contribution is -0.137. The van der Waals surface area contributed by atoms with Crippen LogP contribution in [0.15, 0.2) is 46.9 Å². The number of likely N-dealkylation sites (tertiary alicyclic amines) is 1. The number of hydrogen-bond donors (Lipinski definition) is 2. The summed E-state index contributed by atoms with van der Waals surface area (Å²) in [6.07, 6.45) is -3.58. The number of urea groups is 1. The molecule has 0 aromatic heterocycles. The van der Waals surface area contributed by atoms with Crippen LogP contribution in [-0.4, -0.2) is 72.2 Å². The number of amides is 4. The number of anilines is 1. The zero-order chi connectivity index (χ0) is 30.1. The largest absolute Gasteiger partial charge is 0.465 e. The van der Waals surface area contributed by atoms with Gasteiger partial charge in [0.2, 0.25) is 5.91 Å². The number of benzene rings is 2. The molecule has 2 aromatic carbocycles. The number of hydrogen-bond acceptors (Lipinski definition) is 3. The fraction of sp³-hybridized carbons (Fsp3) is 0.464. The third-order valence-electron chi connectivity index (χ3n) is 7.99. The van der Waals surface area contributed by atoms with Gasteiger partial charge < -0.3 is 20.2 Å². The number of alkyl halides is 3. The van der Waals surface area contributed by atoms with Gasteiger partial charge in [-0.2, -0.15) is 13.2 Å². The van der Waals surface area contributed by atoms with Crippen molar-refractivity contribution in [2.75, 3.05) is 32.1 Å². The van der Waals surface area contributed by atoms with Gasteiger partial charge in [0.1, 0.15) is 5.82 Å². The fourth-order valence-electron chi connectivity index (χ4n) is 5.73. The number of halogens is 5. The Morgan fingerprint density at radius 2 is 1.63 bits per heavy atom. The molecule has 1 aliphatic carbocycles. The second kappa shape index (κ2) is 12.3. The molecule has 1 saturated heterocycles. The lowest BCUT2D eigenvalue weighted by Crippen LogP contribution is -2.48. The molecule has 2 N–H and O–H groups in total. The Morgan fingerprint density at radius 3 is 2.22 bits per heavy atom. The predicted molar refractivity (Wildman–Crippen MR) is 147 cm³/mol. The highest BCUT2D eigenvalue weighted by atomic mass is 79.9. The van der Waals surface area contributed by atoms with Gasteiger partial charge in [0.25, 0.3) is 0 Å². The van der Waals surface area contributed by atoms with Crippen LogP contribution in [0.25, 0.3) is 0 Å². The summed E-state index contributed by atoms with van der Waals surface area (Å²) in [7, 11) is 2.93. The van der Waals surface area contributed by atoms with E-state index in [-0.39, 0.29) is 47.0 Å². The highest BCUT2D eigenvalue weighted by Gasteiger charge is 2.43. The van der Waals surface area contributed by atoms with E-state index in [1.54, 1.807) is 24.1 Å². The third-order valence-corrected chi connectivity index (χ3v) is 8.44. The first-order valence-electron chi connectivity index (χ1n) is 13.2. The highest BCUT2D eigenvalue weighted by molar-refractivity contribution is 9.10. The van der Waals surface area contributed by atoms with E-state index in [9.17, 15) is 31.9 Å². The van der Waals surface area contributed by atoms with Gasteiger partial charge in [-0.25, -0.2) is 14.0 Å². The normalized spacial score (nSPS) is 22.8. The molecule has 1 saturated carbocycles. The molecule has 8 nitrogen and oxygen atoms in total. The van der Waals surface area contributed by atoms with Crippen LogP contribution in [0.1, 0.15) is 42.7 Å². The van der Waals surface area contributed by atoms with E-state index in [1.807, 2.05) is 0 Å². The Hall–Kier alpha value is -3.35. The van der Waals surface area contributed by atoms with Gasteiger partial charge in [-0.05, 0) is 61.6 Å². The summed E-state index contributed by atoms with van der Waals surface area (Å²) in [6.45, 7) is 0.468. The molecule has 1 aliphatic heterocycles. The van der Waals surface area contributed by atoms with E-state index < -0.39 is 35.7 Å². The molecule has 4 rings (SSSR count). The van der Waals surface area contributed by atoms with Gasteiger partial charge in [-0.1, -0.05) is 28.1 Å². The average Bonchev–Trinajstić information content (AvgIpc) is 3.36. The number of carbonyl (C=O) groups is 3. The van der Waals surface area contributed by atoms with Crippen molar-refractivity contribution in [3.05, 3.63) is 63.9 Å². The number of likely N-dealkylation sites (N-methyl/N-ethyl adjacent to an activating group) is 1. The van der Waals surface area contributed by atoms with Crippen LogP contribution in [0.4, 0.5) is 32.8 Å². The molecule has 2 aliphatic rings. The van der Waals surface area contributed by atoms with E-state index in [0.717, 1.165) is 22.6 Å². The number of nitrogens with one attached hydrogen (secondary N) is 1. The van der Waals surface area contributed by atoms with Crippen molar-refractivity contribution < 1.29 is 37.1 Å². The maximum absolute atomic E-state index is 13.7. The molecular formula is C28H31BrF4N4O4. The zero-order valence-electron chi connectivity index (χ0n) is 22.5.